The van der Waals surface area contributed by atoms with Crippen LogP contribution in [0.15, 0.2) is 30.7 Å². The van der Waals surface area contributed by atoms with E-state index in [1.54, 1.807) is 17.1 Å². The van der Waals surface area contributed by atoms with E-state index >= 15 is 0 Å². The molecule has 7 nitrogen and oxygen atoms in total. The molecule has 0 radical (unpaired) electrons. The molecule has 1 fully saturated rings. The zero-order valence-electron chi connectivity index (χ0n) is 13.7. The summed E-state index contributed by atoms with van der Waals surface area (Å²) in [5, 5.41) is 8.88. The van der Waals surface area contributed by atoms with E-state index in [2.05, 4.69) is 20.4 Å². The lowest BCUT2D eigenvalue weighted by Crippen LogP contribution is -2.33. The Labute approximate surface area is 140 Å². The summed E-state index contributed by atoms with van der Waals surface area (Å²) < 4.78 is 1.78. The molecule has 0 amide bonds. The number of fused-ring (bicyclic) bond motifs is 1. The number of anilines is 1. The van der Waals surface area contributed by atoms with Crippen molar-refractivity contribution >= 4 is 16.9 Å². The van der Waals surface area contributed by atoms with Gasteiger partial charge in [0.2, 0.25) is 0 Å². The number of aryl methyl sites for hydroxylation is 1. The molecule has 3 aromatic heterocycles. The van der Waals surface area contributed by atoms with Crippen LogP contribution in [0.4, 0.5) is 5.82 Å². The minimum Gasteiger partial charge on any atom is -0.367 e. The summed E-state index contributed by atoms with van der Waals surface area (Å²) in [5.41, 5.74) is 7.78. The SMILES string of the molecule is Cn1ncc2c(NC3CCC(N)CC3)nc(-c3ccncc3)nc21. The first-order chi connectivity index (χ1) is 11.7. The molecule has 3 aromatic rings. The molecule has 1 saturated carbocycles. The van der Waals surface area contributed by atoms with Crippen molar-refractivity contribution in [3.05, 3.63) is 30.7 Å². The Morgan fingerprint density at radius 3 is 2.62 bits per heavy atom. The van der Waals surface area contributed by atoms with Crippen molar-refractivity contribution in [2.45, 2.75) is 37.8 Å². The highest BCUT2D eigenvalue weighted by Gasteiger charge is 2.21. The Bertz CT molecular complexity index is 835. The standard InChI is InChI=1S/C17H21N7/c1-24-17-14(10-20-24)16(21-13-4-2-12(18)3-5-13)22-15(23-17)11-6-8-19-9-7-11/h6-10,12-13H,2-5,18H2,1H3,(H,21,22,23). The molecule has 0 atom stereocenters. The van der Waals surface area contributed by atoms with Crippen molar-refractivity contribution < 1.29 is 0 Å². The molecule has 3 heterocycles. The maximum Gasteiger partial charge on any atom is 0.164 e. The first-order valence-electron chi connectivity index (χ1n) is 8.33. The minimum absolute atomic E-state index is 0.333. The van der Waals surface area contributed by atoms with E-state index in [9.17, 15) is 0 Å². The molecular formula is C17H21N7. The van der Waals surface area contributed by atoms with Gasteiger partial charge in [0.1, 0.15) is 5.82 Å². The zero-order chi connectivity index (χ0) is 16.5. The zero-order valence-corrected chi connectivity index (χ0v) is 13.7. The summed E-state index contributed by atoms with van der Waals surface area (Å²) in [6.07, 6.45) is 9.56. The van der Waals surface area contributed by atoms with Crippen molar-refractivity contribution in [2.24, 2.45) is 12.8 Å². The molecule has 24 heavy (non-hydrogen) atoms. The Morgan fingerprint density at radius 2 is 1.88 bits per heavy atom. The van der Waals surface area contributed by atoms with E-state index < -0.39 is 0 Å². The number of nitrogens with zero attached hydrogens (tertiary/aromatic N) is 5. The van der Waals surface area contributed by atoms with Gasteiger partial charge in [-0.2, -0.15) is 5.10 Å². The lowest BCUT2D eigenvalue weighted by molar-refractivity contribution is 0.410. The summed E-state index contributed by atoms with van der Waals surface area (Å²) in [6, 6.07) is 4.56. The highest BCUT2D eigenvalue weighted by atomic mass is 15.3. The van der Waals surface area contributed by atoms with Gasteiger partial charge < -0.3 is 11.1 Å². The summed E-state index contributed by atoms with van der Waals surface area (Å²) in [6.45, 7) is 0. The smallest absolute Gasteiger partial charge is 0.164 e. The number of aromatic nitrogens is 5. The molecule has 7 heteroatoms. The van der Waals surface area contributed by atoms with E-state index in [1.807, 2.05) is 25.4 Å². The van der Waals surface area contributed by atoms with Crippen molar-refractivity contribution in [3.8, 4) is 11.4 Å². The number of hydrogen-bond acceptors (Lipinski definition) is 6. The van der Waals surface area contributed by atoms with Crippen LogP contribution < -0.4 is 11.1 Å². The van der Waals surface area contributed by atoms with Crippen molar-refractivity contribution in [1.82, 2.24) is 24.7 Å². The van der Waals surface area contributed by atoms with Gasteiger partial charge in [-0.15, -0.1) is 0 Å². The van der Waals surface area contributed by atoms with E-state index in [0.29, 0.717) is 17.9 Å². The molecule has 4 rings (SSSR count). The molecule has 3 N–H and O–H groups in total. The number of hydrogen-bond donors (Lipinski definition) is 2. The van der Waals surface area contributed by atoms with Gasteiger partial charge in [0.15, 0.2) is 11.5 Å². The maximum atomic E-state index is 6.01. The Balaban J connectivity index is 1.73. The third-order valence-corrected chi connectivity index (χ3v) is 4.64. The number of nitrogens with one attached hydrogen (secondary N) is 1. The fourth-order valence-electron chi connectivity index (χ4n) is 3.22. The molecule has 0 saturated heterocycles. The monoisotopic (exact) mass is 323 g/mol. The summed E-state index contributed by atoms with van der Waals surface area (Å²) in [4.78, 5) is 13.5. The fraction of sp³-hybridized carbons (Fsp3) is 0.412. The normalized spacial score (nSPS) is 21.1. The highest BCUT2D eigenvalue weighted by molar-refractivity contribution is 5.88. The van der Waals surface area contributed by atoms with Crippen LogP contribution in [-0.4, -0.2) is 36.8 Å². The van der Waals surface area contributed by atoms with Gasteiger partial charge in [0.05, 0.1) is 11.6 Å². The fourth-order valence-corrected chi connectivity index (χ4v) is 3.22. The third kappa shape index (κ3) is 2.82. The first kappa shape index (κ1) is 15.0. The van der Waals surface area contributed by atoms with Crippen LogP contribution in [0.5, 0.6) is 0 Å². The van der Waals surface area contributed by atoms with Gasteiger partial charge in [-0.3, -0.25) is 9.67 Å². The number of nitrogens with two attached hydrogens (primary N) is 1. The predicted octanol–water partition coefficient (Wildman–Crippen LogP) is 2.11. The largest absolute Gasteiger partial charge is 0.367 e. The van der Waals surface area contributed by atoms with Crippen LogP contribution in [0.1, 0.15) is 25.7 Å². The average Bonchev–Trinajstić information content (AvgIpc) is 2.99. The molecule has 0 unspecified atom stereocenters. The molecular weight excluding hydrogens is 302 g/mol. The van der Waals surface area contributed by atoms with Crippen LogP contribution in [-0.2, 0) is 7.05 Å². The molecule has 1 aliphatic carbocycles. The van der Waals surface area contributed by atoms with E-state index in [-0.39, 0.29) is 0 Å². The topological polar surface area (TPSA) is 94.5 Å². The second-order valence-electron chi connectivity index (χ2n) is 6.39. The summed E-state index contributed by atoms with van der Waals surface area (Å²) in [5.74, 6) is 1.53. The van der Waals surface area contributed by atoms with Crippen LogP contribution in [0.3, 0.4) is 0 Å². The average molecular weight is 323 g/mol. The van der Waals surface area contributed by atoms with Crippen molar-refractivity contribution in [3.63, 3.8) is 0 Å². The van der Waals surface area contributed by atoms with Gasteiger partial charge in [0, 0.05) is 37.1 Å². The van der Waals surface area contributed by atoms with Crippen LogP contribution >= 0.6 is 0 Å². The van der Waals surface area contributed by atoms with Gasteiger partial charge in [-0.1, -0.05) is 0 Å². The number of rotatable bonds is 3. The first-order valence-corrected chi connectivity index (χ1v) is 8.33. The second-order valence-corrected chi connectivity index (χ2v) is 6.39. The van der Waals surface area contributed by atoms with E-state index in [4.69, 9.17) is 10.7 Å². The molecule has 0 aromatic carbocycles. The lowest BCUT2D eigenvalue weighted by Gasteiger charge is -2.27. The van der Waals surface area contributed by atoms with Gasteiger partial charge in [-0.25, -0.2) is 9.97 Å². The van der Waals surface area contributed by atoms with Crippen LogP contribution in [0.25, 0.3) is 22.4 Å². The minimum atomic E-state index is 0.333. The molecule has 0 aliphatic heterocycles. The number of pyridine rings is 1. The molecule has 1 aliphatic rings. The van der Waals surface area contributed by atoms with Crippen LogP contribution in [0.2, 0.25) is 0 Å². The van der Waals surface area contributed by atoms with Crippen molar-refractivity contribution in [2.75, 3.05) is 5.32 Å². The second kappa shape index (κ2) is 6.16. The van der Waals surface area contributed by atoms with Crippen molar-refractivity contribution in [1.29, 1.82) is 0 Å². The Kier molecular flexibility index (Phi) is 3.86. The maximum absolute atomic E-state index is 6.01. The van der Waals surface area contributed by atoms with Gasteiger partial charge >= 0.3 is 0 Å². The predicted molar refractivity (Wildman–Crippen MR) is 93.4 cm³/mol. The summed E-state index contributed by atoms with van der Waals surface area (Å²) in [7, 11) is 1.90. The Hall–Kier alpha value is -2.54. The quantitative estimate of drug-likeness (QED) is 0.766. The lowest BCUT2D eigenvalue weighted by atomic mass is 9.92. The van der Waals surface area contributed by atoms with Gasteiger partial charge in [-0.05, 0) is 37.8 Å². The summed E-state index contributed by atoms with van der Waals surface area (Å²) >= 11 is 0. The third-order valence-electron chi connectivity index (χ3n) is 4.64. The Morgan fingerprint density at radius 1 is 1.12 bits per heavy atom. The molecule has 0 bridgehead atoms. The van der Waals surface area contributed by atoms with E-state index in [0.717, 1.165) is 48.1 Å². The molecule has 0 spiro atoms. The highest BCUT2D eigenvalue weighted by Crippen LogP contribution is 2.27. The van der Waals surface area contributed by atoms with Crippen LogP contribution in [0, 0.1) is 0 Å². The van der Waals surface area contributed by atoms with E-state index in [1.165, 1.54) is 0 Å². The molecule has 124 valence electrons. The van der Waals surface area contributed by atoms with Gasteiger partial charge in [0.25, 0.3) is 0 Å².